The monoisotopic (exact) mass is 264 g/mol. The molecule has 5 nitrogen and oxygen atoms in total. The average molecular weight is 264 g/mol. The van der Waals surface area contributed by atoms with Crippen LogP contribution >= 0.6 is 0 Å². The minimum Gasteiger partial charge on any atom is -0.467 e. The summed E-state index contributed by atoms with van der Waals surface area (Å²) in [5.74, 6) is 0.360. The van der Waals surface area contributed by atoms with Gasteiger partial charge in [-0.3, -0.25) is 0 Å². The van der Waals surface area contributed by atoms with Gasteiger partial charge in [0, 0.05) is 5.92 Å². The Bertz CT molecular complexity index is 432. The van der Waals surface area contributed by atoms with Crippen LogP contribution in [-0.2, 0) is 4.79 Å². The second kappa shape index (κ2) is 6.36. The number of carbonyl (C=O) groups is 1. The average Bonchev–Trinajstić information content (AvgIpc) is 3.09. The summed E-state index contributed by atoms with van der Waals surface area (Å²) < 4.78 is 10.1. The van der Waals surface area contributed by atoms with Gasteiger partial charge in [-0.2, -0.15) is 0 Å². The molecule has 0 spiro atoms. The lowest BCUT2D eigenvalue weighted by molar-refractivity contribution is -0.113. The highest BCUT2D eigenvalue weighted by Crippen LogP contribution is 2.27. The van der Waals surface area contributed by atoms with Gasteiger partial charge in [0.25, 0.3) is 0 Å². The van der Waals surface area contributed by atoms with Crippen LogP contribution in [-0.4, -0.2) is 16.5 Å². The van der Waals surface area contributed by atoms with Crippen molar-refractivity contribution in [3.63, 3.8) is 0 Å². The molecule has 2 atom stereocenters. The number of carbonyl (C=O) groups excluding carboxylic acids is 1. The molecule has 19 heavy (non-hydrogen) atoms. The molecule has 2 unspecified atom stereocenters. The summed E-state index contributed by atoms with van der Waals surface area (Å²) in [6.45, 7) is 0. The molecule has 0 saturated carbocycles. The topological polar surface area (TPSA) is 83.8 Å². The van der Waals surface area contributed by atoms with Gasteiger partial charge in [0.05, 0.1) is 12.5 Å². The van der Waals surface area contributed by atoms with E-state index >= 15 is 0 Å². The van der Waals surface area contributed by atoms with Crippen LogP contribution in [0.1, 0.15) is 36.6 Å². The summed E-state index contributed by atoms with van der Waals surface area (Å²) in [5.41, 5.74) is 0. The first-order chi connectivity index (χ1) is 9.20. The number of hydrogen-bond acceptors (Lipinski definition) is 5. The Morgan fingerprint density at radius 2 is 1.47 bits per heavy atom. The summed E-state index contributed by atoms with van der Waals surface area (Å²) in [7, 11) is 0. The van der Waals surface area contributed by atoms with Gasteiger partial charge in [-0.1, -0.05) is 0 Å². The highest BCUT2D eigenvalue weighted by Gasteiger charge is 2.22. The summed E-state index contributed by atoms with van der Waals surface area (Å²) in [4.78, 5) is 11.0. The lowest BCUT2D eigenvalue weighted by atomic mass is 9.94. The predicted octanol–water partition coefficient (Wildman–Crippen LogP) is 2.23. The Kier molecular flexibility index (Phi) is 4.54. The fourth-order valence-corrected chi connectivity index (χ4v) is 1.97. The van der Waals surface area contributed by atoms with E-state index in [1.54, 1.807) is 24.3 Å². The molecule has 2 N–H and O–H groups in total. The van der Waals surface area contributed by atoms with Gasteiger partial charge in [0.15, 0.2) is 0 Å². The van der Waals surface area contributed by atoms with Crippen molar-refractivity contribution in [1.82, 2.24) is 0 Å². The van der Waals surface area contributed by atoms with Crippen LogP contribution in [0.3, 0.4) is 0 Å². The molecular weight excluding hydrogens is 248 g/mol. The Balaban J connectivity index is 1.91. The fraction of sp³-hybridized carbons (Fsp3) is 0.357. The zero-order valence-corrected chi connectivity index (χ0v) is 10.3. The Morgan fingerprint density at radius 1 is 1.00 bits per heavy atom. The third-order valence-electron chi connectivity index (χ3n) is 2.99. The predicted molar refractivity (Wildman–Crippen MR) is 66.1 cm³/mol. The van der Waals surface area contributed by atoms with Crippen molar-refractivity contribution in [3.8, 4) is 0 Å². The number of aliphatic hydroxyl groups is 2. The van der Waals surface area contributed by atoms with Gasteiger partial charge in [0.2, 0.25) is 0 Å². The summed E-state index contributed by atoms with van der Waals surface area (Å²) in [6.07, 6.45) is 2.36. The normalized spacial score (nSPS) is 15.9. The van der Waals surface area contributed by atoms with E-state index in [0.717, 1.165) is 6.29 Å². The molecule has 2 aromatic rings. The van der Waals surface area contributed by atoms with Crippen molar-refractivity contribution in [1.29, 1.82) is 0 Å². The smallest absolute Gasteiger partial charge is 0.132 e. The number of furan rings is 2. The van der Waals surface area contributed by atoms with Gasteiger partial charge in [0.1, 0.15) is 30.0 Å². The van der Waals surface area contributed by atoms with E-state index < -0.39 is 18.1 Å². The SMILES string of the molecule is O=CC(CC(O)c1ccco1)CC(O)c1ccco1. The van der Waals surface area contributed by atoms with Crippen molar-refractivity contribution >= 4 is 6.29 Å². The highest BCUT2D eigenvalue weighted by molar-refractivity contribution is 5.53. The molecule has 0 bridgehead atoms. The van der Waals surface area contributed by atoms with E-state index in [9.17, 15) is 15.0 Å². The largest absolute Gasteiger partial charge is 0.467 e. The van der Waals surface area contributed by atoms with Crippen molar-refractivity contribution in [2.75, 3.05) is 0 Å². The molecule has 0 aliphatic rings. The second-order valence-electron chi connectivity index (χ2n) is 4.43. The molecule has 2 rings (SSSR count). The van der Waals surface area contributed by atoms with Crippen molar-refractivity contribution < 1.29 is 23.8 Å². The molecule has 0 saturated heterocycles. The molecule has 5 heteroatoms. The van der Waals surface area contributed by atoms with E-state index in [1.165, 1.54) is 12.5 Å². The van der Waals surface area contributed by atoms with E-state index in [4.69, 9.17) is 8.83 Å². The van der Waals surface area contributed by atoms with Gasteiger partial charge in [-0.25, -0.2) is 0 Å². The van der Waals surface area contributed by atoms with E-state index in [-0.39, 0.29) is 12.8 Å². The minimum absolute atomic E-state index is 0.203. The van der Waals surface area contributed by atoms with Gasteiger partial charge in [-0.05, 0) is 37.1 Å². The number of aldehydes is 1. The van der Waals surface area contributed by atoms with Gasteiger partial charge < -0.3 is 23.8 Å². The van der Waals surface area contributed by atoms with E-state index in [1.807, 2.05) is 0 Å². The molecule has 0 aromatic carbocycles. The maximum absolute atomic E-state index is 11.0. The first kappa shape index (κ1) is 13.6. The molecular formula is C14H16O5. The van der Waals surface area contributed by atoms with Crippen molar-refractivity contribution in [2.45, 2.75) is 25.0 Å². The van der Waals surface area contributed by atoms with Crippen LogP contribution in [0.2, 0.25) is 0 Å². The summed E-state index contributed by atoms with van der Waals surface area (Å²) in [5, 5.41) is 19.8. The molecule has 2 heterocycles. The molecule has 102 valence electrons. The molecule has 0 amide bonds. The first-order valence-corrected chi connectivity index (χ1v) is 6.09. The lowest BCUT2D eigenvalue weighted by Crippen LogP contribution is -2.12. The third-order valence-corrected chi connectivity index (χ3v) is 2.99. The van der Waals surface area contributed by atoms with Gasteiger partial charge in [-0.15, -0.1) is 0 Å². The molecule has 0 fully saturated rings. The van der Waals surface area contributed by atoms with E-state index in [2.05, 4.69) is 0 Å². The highest BCUT2D eigenvalue weighted by atomic mass is 16.4. The standard InChI is InChI=1S/C14H16O5/c15-9-10(7-11(16)13-3-1-5-18-13)8-12(17)14-4-2-6-19-14/h1-6,9-12,16-17H,7-8H2. The maximum atomic E-state index is 11.0. The molecule has 0 radical (unpaired) electrons. The van der Waals surface area contributed by atoms with Crippen LogP contribution in [0, 0.1) is 5.92 Å². The number of hydrogen-bond donors (Lipinski definition) is 2. The lowest BCUT2D eigenvalue weighted by Gasteiger charge is -2.16. The third kappa shape index (κ3) is 3.56. The quantitative estimate of drug-likeness (QED) is 0.749. The Labute approximate surface area is 110 Å². The maximum Gasteiger partial charge on any atom is 0.132 e. The minimum atomic E-state index is -0.853. The van der Waals surface area contributed by atoms with Crippen molar-refractivity contribution in [2.24, 2.45) is 5.92 Å². The Hall–Kier alpha value is -1.85. The van der Waals surface area contributed by atoms with Gasteiger partial charge >= 0.3 is 0 Å². The summed E-state index contributed by atoms with van der Waals surface area (Å²) in [6, 6.07) is 6.64. The number of aliphatic hydroxyl groups excluding tert-OH is 2. The zero-order chi connectivity index (χ0) is 13.7. The van der Waals surface area contributed by atoms with Crippen LogP contribution in [0.5, 0.6) is 0 Å². The molecule has 0 aliphatic heterocycles. The van der Waals surface area contributed by atoms with E-state index in [0.29, 0.717) is 11.5 Å². The molecule has 0 aliphatic carbocycles. The fourth-order valence-electron chi connectivity index (χ4n) is 1.97. The Morgan fingerprint density at radius 3 is 1.79 bits per heavy atom. The second-order valence-corrected chi connectivity index (χ2v) is 4.43. The van der Waals surface area contributed by atoms with Crippen LogP contribution in [0.15, 0.2) is 45.6 Å². The number of rotatable bonds is 7. The van der Waals surface area contributed by atoms with Crippen LogP contribution in [0.25, 0.3) is 0 Å². The zero-order valence-electron chi connectivity index (χ0n) is 10.3. The van der Waals surface area contributed by atoms with Crippen LogP contribution in [0.4, 0.5) is 0 Å². The first-order valence-electron chi connectivity index (χ1n) is 6.09. The summed E-state index contributed by atoms with van der Waals surface area (Å²) >= 11 is 0. The molecule has 2 aromatic heterocycles. The van der Waals surface area contributed by atoms with Crippen LogP contribution < -0.4 is 0 Å². The van der Waals surface area contributed by atoms with Crippen molar-refractivity contribution in [3.05, 3.63) is 48.3 Å².